The highest BCUT2D eigenvalue weighted by molar-refractivity contribution is 5.93. The molecule has 164 valence electrons. The highest BCUT2D eigenvalue weighted by atomic mass is 16.6. The fraction of sp³-hybridized carbons (Fsp3) is 0.391. The van der Waals surface area contributed by atoms with Crippen LogP contribution in [0, 0.1) is 10.1 Å². The Morgan fingerprint density at radius 1 is 1.13 bits per heavy atom. The third kappa shape index (κ3) is 6.04. The van der Waals surface area contributed by atoms with E-state index < -0.39 is 23.4 Å². The van der Waals surface area contributed by atoms with Crippen LogP contribution in [-0.2, 0) is 9.53 Å². The predicted octanol–water partition coefficient (Wildman–Crippen LogP) is 3.66. The molecule has 0 aromatic heterocycles. The summed E-state index contributed by atoms with van der Waals surface area (Å²) in [6.07, 6.45) is 3.08. The van der Waals surface area contributed by atoms with E-state index in [1.807, 2.05) is 42.2 Å². The Morgan fingerprint density at radius 2 is 1.84 bits per heavy atom. The zero-order valence-electron chi connectivity index (χ0n) is 17.6. The van der Waals surface area contributed by atoms with E-state index in [9.17, 15) is 19.7 Å². The standard InChI is InChI=1S/C23H27N3O5/c1-17(18-8-4-2-5-9-18)15-24-22(27)16-31-23(28)19-10-11-20(21(14-19)26(29)30)25-12-6-3-7-13-25/h2,4-5,8-11,14,17H,3,6-7,12-13,15-16H2,1H3,(H,24,27)/t17-/m1/s1. The van der Waals surface area contributed by atoms with Crippen LogP contribution in [-0.4, -0.2) is 43.0 Å². The number of piperidine rings is 1. The Balaban J connectivity index is 1.55. The summed E-state index contributed by atoms with van der Waals surface area (Å²) in [4.78, 5) is 37.4. The number of carbonyl (C=O) groups is 2. The number of nitrogens with zero attached hydrogens (tertiary/aromatic N) is 2. The number of anilines is 1. The number of nitro groups is 1. The predicted molar refractivity (Wildman–Crippen MR) is 117 cm³/mol. The fourth-order valence-corrected chi connectivity index (χ4v) is 3.63. The van der Waals surface area contributed by atoms with Crippen molar-refractivity contribution in [3.63, 3.8) is 0 Å². The molecule has 1 aliphatic heterocycles. The van der Waals surface area contributed by atoms with Crippen molar-refractivity contribution in [3.8, 4) is 0 Å². The van der Waals surface area contributed by atoms with Crippen molar-refractivity contribution in [2.75, 3.05) is 31.1 Å². The zero-order valence-corrected chi connectivity index (χ0v) is 17.6. The molecule has 0 spiro atoms. The number of hydrogen-bond donors (Lipinski definition) is 1. The molecule has 8 nitrogen and oxygen atoms in total. The summed E-state index contributed by atoms with van der Waals surface area (Å²) in [7, 11) is 0. The van der Waals surface area contributed by atoms with Gasteiger partial charge in [-0.05, 0) is 42.9 Å². The first-order chi connectivity index (χ1) is 15.0. The van der Waals surface area contributed by atoms with Crippen molar-refractivity contribution in [3.05, 3.63) is 69.8 Å². The molecule has 1 N–H and O–H groups in total. The molecule has 1 amide bonds. The molecule has 8 heteroatoms. The lowest BCUT2D eigenvalue weighted by Gasteiger charge is -2.28. The van der Waals surface area contributed by atoms with Crippen molar-refractivity contribution in [1.82, 2.24) is 5.32 Å². The molecule has 1 saturated heterocycles. The first-order valence-corrected chi connectivity index (χ1v) is 10.5. The Hall–Kier alpha value is -3.42. The molecule has 1 fully saturated rings. The van der Waals surface area contributed by atoms with E-state index >= 15 is 0 Å². The van der Waals surface area contributed by atoms with E-state index in [1.54, 1.807) is 6.07 Å². The molecular formula is C23H27N3O5. The molecule has 1 aliphatic rings. The van der Waals surface area contributed by atoms with Gasteiger partial charge in [-0.3, -0.25) is 14.9 Å². The van der Waals surface area contributed by atoms with Crippen LogP contribution in [0.15, 0.2) is 48.5 Å². The van der Waals surface area contributed by atoms with Crippen molar-refractivity contribution >= 4 is 23.3 Å². The Kier molecular flexibility index (Phi) is 7.59. The second-order valence-electron chi connectivity index (χ2n) is 7.70. The topological polar surface area (TPSA) is 102 Å². The second-order valence-corrected chi connectivity index (χ2v) is 7.70. The van der Waals surface area contributed by atoms with E-state index in [4.69, 9.17) is 4.74 Å². The van der Waals surface area contributed by atoms with E-state index in [0.29, 0.717) is 12.2 Å². The molecule has 0 bridgehead atoms. The summed E-state index contributed by atoms with van der Waals surface area (Å²) in [6, 6.07) is 14.1. The molecule has 2 aromatic rings. The molecule has 0 aliphatic carbocycles. The van der Waals surface area contributed by atoms with Crippen LogP contribution in [0.25, 0.3) is 0 Å². The molecule has 3 rings (SSSR count). The zero-order chi connectivity index (χ0) is 22.2. The largest absolute Gasteiger partial charge is 0.452 e. The average molecular weight is 425 g/mol. The third-order valence-corrected chi connectivity index (χ3v) is 5.41. The molecule has 0 radical (unpaired) electrons. The maximum Gasteiger partial charge on any atom is 0.338 e. The first kappa shape index (κ1) is 22.3. The molecule has 1 atom stereocenters. The van der Waals surface area contributed by atoms with Gasteiger partial charge in [0.05, 0.1) is 10.5 Å². The van der Waals surface area contributed by atoms with Gasteiger partial charge < -0.3 is 15.0 Å². The van der Waals surface area contributed by atoms with Gasteiger partial charge in [0.2, 0.25) is 0 Å². The van der Waals surface area contributed by atoms with E-state index in [2.05, 4.69) is 5.32 Å². The maximum atomic E-state index is 12.3. The normalized spacial score (nSPS) is 14.5. The highest BCUT2D eigenvalue weighted by Gasteiger charge is 2.23. The van der Waals surface area contributed by atoms with E-state index in [-0.39, 0.29) is 17.2 Å². The van der Waals surface area contributed by atoms with Crippen LogP contribution in [0.3, 0.4) is 0 Å². The molecular weight excluding hydrogens is 398 g/mol. The van der Waals surface area contributed by atoms with Crippen molar-refractivity contribution in [2.24, 2.45) is 0 Å². The summed E-state index contributed by atoms with van der Waals surface area (Å²) in [6.45, 7) is 3.47. The minimum absolute atomic E-state index is 0.0536. The van der Waals surface area contributed by atoms with Gasteiger partial charge in [-0.15, -0.1) is 0 Å². The lowest BCUT2D eigenvalue weighted by atomic mass is 10.0. The number of carbonyl (C=O) groups excluding carboxylic acids is 2. The van der Waals surface area contributed by atoms with Crippen LogP contribution in [0.4, 0.5) is 11.4 Å². The lowest BCUT2D eigenvalue weighted by molar-refractivity contribution is -0.384. The van der Waals surface area contributed by atoms with Crippen molar-refractivity contribution in [1.29, 1.82) is 0 Å². The second kappa shape index (κ2) is 10.6. The van der Waals surface area contributed by atoms with Crippen molar-refractivity contribution < 1.29 is 19.2 Å². The average Bonchev–Trinajstić information content (AvgIpc) is 2.81. The SMILES string of the molecule is C[C@H](CNC(=O)COC(=O)c1ccc(N2CCCCC2)c([N+](=O)[O-])c1)c1ccccc1. The number of ether oxygens (including phenoxy) is 1. The van der Waals surface area contributed by atoms with Gasteiger partial charge in [-0.25, -0.2) is 4.79 Å². The molecule has 0 unspecified atom stereocenters. The van der Waals surface area contributed by atoms with Gasteiger partial charge in [-0.1, -0.05) is 37.3 Å². The summed E-state index contributed by atoms with van der Waals surface area (Å²) in [5.74, 6) is -1.07. The quantitative estimate of drug-likeness (QED) is 0.393. The number of esters is 1. The third-order valence-electron chi connectivity index (χ3n) is 5.41. The van der Waals surface area contributed by atoms with Crippen LogP contribution >= 0.6 is 0 Å². The fourth-order valence-electron chi connectivity index (χ4n) is 3.63. The monoisotopic (exact) mass is 425 g/mol. The van der Waals surface area contributed by atoms with Gasteiger partial charge >= 0.3 is 5.97 Å². The minimum atomic E-state index is -0.764. The van der Waals surface area contributed by atoms with Crippen LogP contribution in [0.2, 0.25) is 0 Å². The Morgan fingerprint density at radius 3 is 2.52 bits per heavy atom. The van der Waals surface area contributed by atoms with Gasteiger partial charge in [0.25, 0.3) is 11.6 Å². The molecule has 0 saturated carbocycles. The smallest absolute Gasteiger partial charge is 0.338 e. The number of benzene rings is 2. The van der Waals surface area contributed by atoms with E-state index in [1.165, 1.54) is 12.1 Å². The van der Waals surface area contributed by atoms with E-state index in [0.717, 1.165) is 37.9 Å². The summed E-state index contributed by atoms with van der Waals surface area (Å²) >= 11 is 0. The van der Waals surface area contributed by atoms with Gasteiger partial charge in [-0.2, -0.15) is 0 Å². The van der Waals surface area contributed by atoms with Gasteiger partial charge in [0.1, 0.15) is 5.69 Å². The molecule has 1 heterocycles. The molecule has 31 heavy (non-hydrogen) atoms. The number of nitrogens with one attached hydrogen (secondary N) is 1. The van der Waals surface area contributed by atoms with Crippen LogP contribution in [0.5, 0.6) is 0 Å². The van der Waals surface area contributed by atoms with Crippen LogP contribution in [0.1, 0.15) is 48.0 Å². The number of rotatable bonds is 8. The minimum Gasteiger partial charge on any atom is -0.452 e. The summed E-state index contributed by atoms with van der Waals surface area (Å²) in [5, 5.41) is 14.3. The molecule has 2 aromatic carbocycles. The maximum absolute atomic E-state index is 12.3. The first-order valence-electron chi connectivity index (χ1n) is 10.5. The number of nitro benzene ring substituents is 1. The number of amides is 1. The van der Waals surface area contributed by atoms with Crippen LogP contribution < -0.4 is 10.2 Å². The lowest BCUT2D eigenvalue weighted by Crippen LogP contribution is -2.31. The van der Waals surface area contributed by atoms with Crippen molar-refractivity contribution in [2.45, 2.75) is 32.1 Å². The summed E-state index contributed by atoms with van der Waals surface area (Å²) < 4.78 is 5.06. The van der Waals surface area contributed by atoms with Gasteiger partial charge in [0, 0.05) is 25.7 Å². The Bertz CT molecular complexity index is 926. The summed E-state index contributed by atoms with van der Waals surface area (Å²) in [5.41, 5.74) is 1.53. The highest BCUT2D eigenvalue weighted by Crippen LogP contribution is 2.31. The number of hydrogen-bond acceptors (Lipinski definition) is 6. The van der Waals surface area contributed by atoms with Gasteiger partial charge in [0.15, 0.2) is 6.61 Å². The Labute approximate surface area is 181 Å².